The smallest absolute Gasteiger partial charge is 0.277 e. The van der Waals surface area contributed by atoms with Crippen LogP contribution in [0.25, 0.3) is 11.3 Å². The van der Waals surface area contributed by atoms with E-state index in [1.165, 1.54) is 11.3 Å². The third-order valence-electron chi connectivity index (χ3n) is 4.36. The topological polar surface area (TPSA) is 71.8 Å². The lowest BCUT2D eigenvalue weighted by Crippen LogP contribution is -2.32. The van der Waals surface area contributed by atoms with Gasteiger partial charge in [-0.3, -0.25) is 14.8 Å². The molecule has 0 radical (unpaired) electrons. The Kier molecular flexibility index (Phi) is 6.49. The molecule has 1 atom stereocenters. The molecule has 4 rings (SSSR count). The summed E-state index contributed by atoms with van der Waals surface area (Å²) in [5.41, 5.74) is 1.99. The minimum absolute atomic E-state index is 0. The Morgan fingerprint density at radius 1 is 1.33 bits per heavy atom. The van der Waals surface area contributed by atoms with E-state index >= 15 is 0 Å². The average molecular weight is 424 g/mol. The third-order valence-corrected chi connectivity index (χ3v) is 5.45. The van der Waals surface area contributed by atoms with Crippen molar-refractivity contribution >= 4 is 46.4 Å². The number of nitrogens with one attached hydrogen (secondary N) is 2. The van der Waals surface area contributed by atoms with Crippen molar-refractivity contribution in [1.29, 1.82) is 0 Å². The zero-order valence-electron chi connectivity index (χ0n) is 14.4. The predicted octanol–water partition coefficient (Wildman–Crippen LogP) is 4.26. The van der Waals surface area contributed by atoms with Crippen LogP contribution in [0.2, 0.25) is 5.02 Å². The molecule has 6 nitrogen and oxygen atoms in total. The van der Waals surface area contributed by atoms with Crippen LogP contribution in [0.15, 0.2) is 41.9 Å². The van der Waals surface area contributed by atoms with Crippen molar-refractivity contribution in [3.05, 3.63) is 52.6 Å². The van der Waals surface area contributed by atoms with Crippen molar-refractivity contribution in [2.75, 3.05) is 18.4 Å². The van der Waals surface area contributed by atoms with Gasteiger partial charge < -0.3 is 5.32 Å². The van der Waals surface area contributed by atoms with Crippen molar-refractivity contribution in [2.45, 2.75) is 18.9 Å². The number of piperidine rings is 1. The number of rotatable bonds is 4. The third kappa shape index (κ3) is 4.50. The summed E-state index contributed by atoms with van der Waals surface area (Å²) in [4.78, 5) is 16.9. The first-order valence-corrected chi connectivity index (χ1v) is 9.74. The number of hydrogen-bond donors (Lipinski definition) is 2. The Bertz CT molecular complexity index is 920. The van der Waals surface area contributed by atoms with E-state index in [4.69, 9.17) is 11.6 Å². The molecule has 1 aromatic carbocycles. The standard InChI is InChI=1S/C18H18ClN5OS.ClH/c19-14-6-2-1-5-13(14)16-11-26-18(21-16)22-17(25)15-7-9-24(23-15)12-4-3-8-20-10-12;/h1-2,5-7,9,11-12,20H,3-4,8,10H2,(H,21,22,25);1H. The fourth-order valence-corrected chi connectivity index (χ4v) is 3.94. The molecule has 1 unspecified atom stereocenters. The number of aromatic nitrogens is 3. The van der Waals surface area contributed by atoms with Crippen LogP contribution in [0.1, 0.15) is 29.4 Å². The summed E-state index contributed by atoms with van der Waals surface area (Å²) in [7, 11) is 0. The van der Waals surface area contributed by atoms with Gasteiger partial charge in [0.15, 0.2) is 10.8 Å². The molecule has 2 aromatic heterocycles. The summed E-state index contributed by atoms with van der Waals surface area (Å²) < 4.78 is 1.87. The lowest BCUT2D eigenvalue weighted by atomic mass is 10.1. The van der Waals surface area contributed by atoms with Crippen molar-refractivity contribution in [2.24, 2.45) is 0 Å². The highest BCUT2D eigenvalue weighted by Gasteiger charge is 2.18. The summed E-state index contributed by atoms with van der Waals surface area (Å²) >= 11 is 7.57. The van der Waals surface area contributed by atoms with Crippen LogP contribution >= 0.6 is 35.3 Å². The van der Waals surface area contributed by atoms with E-state index in [1.807, 2.05) is 40.5 Å². The van der Waals surface area contributed by atoms with Gasteiger partial charge in [0.25, 0.3) is 5.91 Å². The van der Waals surface area contributed by atoms with Gasteiger partial charge >= 0.3 is 0 Å². The Morgan fingerprint density at radius 2 is 2.19 bits per heavy atom. The van der Waals surface area contributed by atoms with Gasteiger partial charge in [0.2, 0.25) is 0 Å². The van der Waals surface area contributed by atoms with E-state index in [0.29, 0.717) is 21.9 Å². The van der Waals surface area contributed by atoms with Gasteiger partial charge in [0.05, 0.1) is 11.7 Å². The normalized spacial score (nSPS) is 16.6. The van der Waals surface area contributed by atoms with Crippen molar-refractivity contribution in [3.63, 3.8) is 0 Å². The zero-order valence-corrected chi connectivity index (χ0v) is 16.8. The molecular weight excluding hydrogens is 405 g/mol. The first-order chi connectivity index (χ1) is 12.7. The molecule has 0 saturated carbocycles. The number of anilines is 1. The Labute approximate surface area is 172 Å². The van der Waals surface area contributed by atoms with Crippen molar-refractivity contribution in [3.8, 4) is 11.3 Å². The number of carbonyl (C=O) groups excluding carboxylic acids is 1. The van der Waals surface area contributed by atoms with Gasteiger partial charge in [-0.25, -0.2) is 4.98 Å². The largest absolute Gasteiger partial charge is 0.315 e. The number of amides is 1. The Hall–Kier alpha value is -1.93. The molecule has 27 heavy (non-hydrogen) atoms. The molecule has 3 heterocycles. The number of thiazole rings is 1. The number of hydrogen-bond acceptors (Lipinski definition) is 5. The second-order valence-electron chi connectivity index (χ2n) is 6.15. The van der Waals surface area contributed by atoms with Gasteiger partial charge in [0.1, 0.15) is 0 Å². The Balaban J connectivity index is 0.00000210. The van der Waals surface area contributed by atoms with Crippen LogP contribution in [0.5, 0.6) is 0 Å². The molecule has 2 N–H and O–H groups in total. The monoisotopic (exact) mass is 423 g/mol. The highest BCUT2D eigenvalue weighted by molar-refractivity contribution is 7.14. The second kappa shape index (κ2) is 8.84. The molecule has 0 bridgehead atoms. The summed E-state index contributed by atoms with van der Waals surface area (Å²) in [6.45, 7) is 1.93. The molecule has 1 amide bonds. The fraction of sp³-hybridized carbons (Fsp3) is 0.278. The lowest BCUT2D eigenvalue weighted by molar-refractivity contribution is 0.102. The first-order valence-electron chi connectivity index (χ1n) is 8.48. The lowest BCUT2D eigenvalue weighted by Gasteiger charge is -2.22. The summed E-state index contributed by atoms with van der Waals surface area (Å²) in [6, 6.07) is 9.55. The van der Waals surface area contributed by atoms with E-state index in [1.54, 1.807) is 6.07 Å². The quantitative estimate of drug-likeness (QED) is 0.657. The van der Waals surface area contributed by atoms with Crippen LogP contribution < -0.4 is 10.6 Å². The summed E-state index contributed by atoms with van der Waals surface area (Å²) in [5.74, 6) is -0.257. The molecule has 1 aliphatic heterocycles. The molecule has 0 spiro atoms. The van der Waals surface area contributed by atoms with Crippen LogP contribution in [-0.4, -0.2) is 33.8 Å². The van der Waals surface area contributed by atoms with Crippen LogP contribution in [0.4, 0.5) is 5.13 Å². The van der Waals surface area contributed by atoms with Gasteiger partial charge in [-0.15, -0.1) is 23.7 Å². The van der Waals surface area contributed by atoms with Gasteiger partial charge in [-0.05, 0) is 31.5 Å². The maximum Gasteiger partial charge on any atom is 0.277 e. The zero-order chi connectivity index (χ0) is 17.9. The minimum Gasteiger partial charge on any atom is -0.315 e. The molecule has 3 aromatic rings. The number of nitrogens with zero attached hydrogens (tertiary/aromatic N) is 3. The second-order valence-corrected chi connectivity index (χ2v) is 7.42. The number of benzene rings is 1. The SMILES string of the molecule is Cl.O=C(Nc1nc(-c2ccccc2Cl)cs1)c1ccn(C2CCCNC2)n1. The molecule has 1 saturated heterocycles. The maximum absolute atomic E-state index is 12.5. The van der Waals surface area contributed by atoms with Crippen molar-refractivity contribution < 1.29 is 4.79 Å². The molecule has 142 valence electrons. The minimum atomic E-state index is -0.257. The van der Waals surface area contributed by atoms with Gasteiger partial charge in [-0.1, -0.05) is 29.8 Å². The molecule has 0 aliphatic carbocycles. The predicted molar refractivity (Wildman–Crippen MR) is 111 cm³/mol. The Morgan fingerprint density at radius 3 is 2.96 bits per heavy atom. The molecule has 9 heteroatoms. The van der Waals surface area contributed by atoms with Crippen LogP contribution in [-0.2, 0) is 0 Å². The van der Waals surface area contributed by atoms with E-state index in [0.717, 1.165) is 37.2 Å². The summed E-state index contributed by atoms with van der Waals surface area (Å²) in [6.07, 6.45) is 4.06. The van der Waals surface area contributed by atoms with Crippen LogP contribution in [0, 0.1) is 0 Å². The van der Waals surface area contributed by atoms with Gasteiger partial charge in [-0.2, -0.15) is 5.10 Å². The average Bonchev–Trinajstić information content (AvgIpc) is 3.33. The molecular formula is C18H19Cl2N5OS. The summed E-state index contributed by atoms with van der Waals surface area (Å²) in [5, 5.41) is 13.6. The highest BCUT2D eigenvalue weighted by atomic mass is 35.5. The molecule has 1 aliphatic rings. The van der Waals surface area contributed by atoms with Gasteiger partial charge in [0, 0.05) is 28.7 Å². The van der Waals surface area contributed by atoms with E-state index < -0.39 is 0 Å². The van der Waals surface area contributed by atoms with E-state index in [-0.39, 0.29) is 18.3 Å². The van der Waals surface area contributed by atoms with E-state index in [2.05, 4.69) is 20.7 Å². The molecule has 1 fully saturated rings. The fourth-order valence-electron chi connectivity index (χ4n) is 3.01. The highest BCUT2D eigenvalue weighted by Crippen LogP contribution is 2.30. The first kappa shape index (κ1) is 19.8. The number of halogens is 2. The maximum atomic E-state index is 12.5. The van der Waals surface area contributed by atoms with Crippen molar-refractivity contribution in [1.82, 2.24) is 20.1 Å². The number of carbonyl (C=O) groups is 1. The van der Waals surface area contributed by atoms with E-state index in [9.17, 15) is 4.79 Å². The van der Waals surface area contributed by atoms with Crippen LogP contribution in [0.3, 0.4) is 0 Å².